The average molecular weight is 236 g/mol. The van der Waals surface area contributed by atoms with Crippen molar-refractivity contribution in [2.24, 2.45) is 0 Å². The summed E-state index contributed by atoms with van der Waals surface area (Å²) in [7, 11) is 0. The summed E-state index contributed by atoms with van der Waals surface area (Å²) < 4.78 is 0. The molecule has 0 aromatic heterocycles. The molecule has 92 valence electrons. The van der Waals surface area contributed by atoms with E-state index in [0.29, 0.717) is 0 Å². The Labute approximate surface area is 110 Å². The van der Waals surface area contributed by atoms with Gasteiger partial charge in [-0.25, -0.2) is 0 Å². The summed E-state index contributed by atoms with van der Waals surface area (Å²) in [5, 5.41) is 2.62. The van der Waals surface area contributed by atoms with Gasteiger partial charge in [0.05, 0.1) is 0 Å². The van der Waals surface area contributed by atoms with Crippen LogP contribution in [0.5, 0.6) is 0 Å². The second-order valence-corrected chi connectivity index (χ2v) is 5.03. The summed E-state index contributed by atoms with van der Waals surface area (Å²) in [6.07, 6.45) is 1.92. The summed E-state index contributed by atoms with van der Waals surface area (Å²) in [5.41, 5.74) is 6.51. The van der Waals surface area contributed by atoms with Gasteiger partial charge in [0.1, 0.15) is 0 Å². The van der Waals surface area contributed by atoms with E-state index in [1.807, 2.05) is 6.08 Å². The SMILES string of the molecule is C=C/C(C)=C(\C)c1cc2ccc(C)cc2cc1C. The number of hydrogen-bond acceptors (Lipinski definition) is 0. The Balaban J connectivity index is 2.71. The molecule has 2 aromatic carbocycles. The second-order valence-electron chi connectivity index (χ2n) is 5.03. The van der Waals surface area contributed by atoms with Crippen LogP contribution in [0.2, 0.25) is 0 Å². The highest BCUT2D eigenvalue weighted by Crippen LogP contribution is 2.27. The summed E-state index contributed by atoms with van der Waals surface area (Å²) in [6.45, 7) is 12.4. The van der Waals surface area contributed by atoms with E-state index >= 15 is 0 Å². The molecule has 0 heteroatoms. The van der Waals surface area contributed by atoms with Crippen molar-refractivity contribution in [3.8, 4) is 0 Å². The largest absolute Gasteiger partial charge is 0.0988 e. The van der Waals surface area contributed by atoms with E-state index < -0.39 is 0 Å². The van der Waals surface area contributed by atoms with Crippen LogP contribution in [0.1, 0.15) is 30.5 Å². The minimum atomic E-state index is 1.24. The minimum absolute atomic E-state index is 1.24. The monoisotopic (exact) mass is 236 g/mol. The lowest BCUT2D eigenvalue weighted by Crippen LogP contribution is -1.89. The van der Waals surface area contributed by atoms with Gasteiger partial charge in [0, 0.05) is 0 Å². The van der Waals surface area contributed by atoms with Crippen molar-refractivity contribution in [3.63, 3.8) is 0 Å². The van der Waals surface area contributed by atoms with E-state index in [9.17, 15) is 0 Å². The third-order valence-corrected chi connectivity index (χ3v) is 3.64. The average Bonchev–Trinajstić information content (AvgIpc) is 2.36. The third kappa shape index (κ3) is 2.24. The Bertz CT molecular complexity index is 642. The van der Waals surface area contributed by atoms with Crippen LogP contribution in [0.4, 0.5) is 0 Å². The number of benzene rings is 2. The van der Waals surface area contributed by atoms with Gasteiger partial charge in [-0.2, -0.15) is 0 Å². The molecular weight excluding hydrogens is 216 g/mol. The zero-order valence-corrected chi connectivity index (χ0v) is 11.7. The molecule has 0 radical (unpaired) electrons. The van der Waals surface area contributed by atoms with E-state index in [4.69, 9.17) is 0 Å². The van der Waals surface area contributed by atoms with Crippen molar-refractivity contribution in [2.75, 3.05) is 0 Å². The summed E-state index contributed by atoms with van der Waals surface area (Å²) in [5.74, 6) is 0. The Morgan fingerprint density at radius 2 is 1.72 bits per heavy atom. The zero-order valence-electron chi connectivity index (χ0n) is 11.7. The molecule has 0 saturated heterocycles. The van der Waals surface area contributed by atoms with Crippen LogP contribution in [-0.2, 0) is 0 Å². The maximum atomic E-state index is 3.85. The first kappa shape index (κ1) is 12.6. The van der Waals surface area contributed by atoms with Gasteiger partial charge in [-0.05, 0) is 66.8 Å². The lowest BCUT2D eigenvalue weighted by molar-refractivity contribution is 1.39. The Hall–Kier alpha value is -1.82. The van der Waals surface area contributed by atoms with Gasteiger partial charge in [-0.1, -0.05) is 42.5 Å². The van der Waals surface area contributed by atoms with E-state index in [-0.39, 0.29) is 0 Å². The molecule has 2 rings (SSSR count). The highest BCUT2D eigenvalue weighted by atomic mass is 14.1. The van der Waals surface area contributed by atoms with Crippen LogP contribution >= 0.6 is 0 Å². The van der Waals surface area contributed by atoms with Crippen molar-refractivity contribution >= 4 is 16.3 Å². The normalized spacial score (nSPS) is 12.4. The molecule has 0 nitrogen and oxygen atoms in total. The van der Waals surface area contributed by atoms with Gasteiger partial charge in [0.15, 0.2) is 0 Å². The van der Waals surface area contributed by atoms with Gasteiger partial charge < -0.3 is 0 Å². The molecule has 0 fully saturated rings. The molecule has 0 spiro atoms. The van der Waals surface area contributed by atoms with Crippen LogP contribution < -0.4 is 0 Å². The smallest absolute Gasteiger partial charge is 0.0178 e. The Morgan fingerprint density at radius 3 is 2.39 bits per heavy atom. The molecule has 0 aliphatic heterocycles. The Morgan fingerprint density at radius 1 is 1.00 bits per heavy atom. The first-order valence-corrected chi connectivity index (χ1v) is 6.34. The van der Waals surface area contributed by atoms with Gasteiger partial charge in [0.2, 0.25) is 0 Å². The molecule has 0 heterocycles. The van der Waals surface area contributed by atoms with Gasteiger partial charge in [-0.15, -0.1) is 0 Å². The number of hydrogen-bond donors (Lipinski definition) is 0. The molecule has 0 N–H and O–H groups in total. The van der Waals surface area contributed by atoms with Crippen molar-refractivity contribution in [1.82, 2.24) is 0 Å². The molecule has 0 unspecified atom stereocenters. The van der Waals surface area contributed by atoms with Crippen LogP contribution in [0.15, 0.2) is 48.6 Å². The molecule has 18 heavy (non-hydrogen) atoms. The summed E-state index contributed by atoms with van der Waals surface area (Å²) in [6, 6.07) is 11.2. The molecule has 0 bridgehead atoms. The van der Waals surface area contributed by atoms with Crippen molar-refractivity contribution in [2.45, 2.75) is 27.7 Å². The topological polar surface area (TPSA) is 0 Å². The maximum absolute atomic E-state index is 3.85. The fraction of sp³-hybridized carbons (Fsp3) is 0.222. The van der Waals surface area contributed by atoms with Gasteiger partial charge >= 0.3 is 0 Å². The fourth-order valence-electron chi connectivity index (χ4n) is 2.30. The van der Waals surface area contributed by atoms with E-state index in [1.165, 1.54) is 38.6 Å². The molecule has 0 atom stereocenters. The molecule has 0 aliphatic rings. The first-order valence-electron chi connectivity index (χ1n) is 6.34. The molecule has 0 aliphatic carbocycles. The van der Waals surface area contributed by atoms with E-state index in [1.54, 1.807) is 0 Å². The molecule has 0 saturated carbocycles. The van der Waals surface area contributed by atoms with Crippen molar-refractivity contribution < 1.29 is 0 Å². The lowest BCUT2D eigenvalue weighted by Gasteiger charge is -2.11. The summed E-state index contributed by atoms with van der Waals surface area (Å²) >= 11 is 0. The van der Waals surface area contributed by atoms with Crippen molar-refractivity contribution in [3.05, 3.63) is 65.3 Å². The van der Waals surface area contributed by atoms with Gasteiger partial charge in [0.25, 0.3) is 0 Å². The second kappa shape index (κ2) is 4.81. The van der Waals surface area contributed by atoms with Crippen LogP contribution in [0.3, 0.4) is 0 Å². The van der Waals surface area contributed by atoms with Crippen LogP contribution in [-0.4, -0.2) is 0 Å². The van der Waals surface area contributed by atoms with E-state index in [0.717, 1.165) is 0 Å². The standard InChI is InChI=1S/C18H20/c1-6-13(3)15(5)18-11-16-8-7-12(2)9-17(16)10-14(18)4/h6-11H,1H2,2-5H3/b15-13+. The highest BCUT2D eigenvalue weighted by molar-refractivity contribution is 5.88. The number of fused-ring (bicyclic) bond motifs is 1. The Kier molecular flexibility index (Phi) is 3.38. The fourth-order valence-corrected chi connectivity index (χ4v) is 2.30. The minimum Gasteiger partial charge on any atom is -0.0988 e. The van der Waals surface area contributed by atoms with E-state index in [2.05, 4.69) is 64.6 Å². The predicted octanol–water partition coefficient (Wildman–Crippen LogP) is 5.44. The number of aryl methyl sites for hydroxylation is 2. The highest BCUT2D eigenvalue weighted by Gasteiger charge is 2.05. The summed E-state index contributed by atoms with van der Waals surface area (Å²) in [4.78, 5) is 0. The number of rotatable bonds is 2. The maximum Gasteiger partial charge on any atom is -0.0178 e. The molecule has 2 aromatic rings. The van der Waals surface area contributed by atoms with Crippen molar-refractivity contribution in [1.29, 1.82) is 0 Å². The van der Waals surface area contributed by atoms with Crippen LogP contribution in [0, 0.1) is 13.8 Å². The third-order valence-electron chi connectivity index (χ3n) is 3.64. The lowest BCUT2D eigenvalue weighted by atomic mass is 9.94. The molecule has 0 amide bonds. The predicted molar refractivity (Wildman–Crippen MR) is 81.9 cm³/mol. The first-order chi connectivity index (χ1) is 8.52. The van der Waals surface area contributed by atoms with Gasteiger partial charge in [-0.3, -0.25) is 0 Å². The molecular formula is C18H20. The zero-order chi connectivity index (χ0) is 13.3. The quantitative estimate of drug-likeness (QED) is 0.609. The number of allylic oxidation sites excluding steroid dienone is 3. The van der Waals surface area contributed by atoms with Crippen LogP contribution in [0.25, 0.3) is 16.3 Å².